The van der Waals surface area contributed by atoms with Crippen molar-refractivity contribution in [3.8, 4) is 11.3 Å². The number of nitrogens with zero attached hydrogens (tertiary/aromatic N) is 1. The summed E-state index contributed by atoms with van der Waals surface area (Å²) in [6.07, 6.45) is 0.365. The van der Waals surface area contributed by atoms with Crippen LogP contribution in [0.25, 0.3) is 11.3 Å². The molecule has 6 heteroatoms. The first kappa shape index (κ1) is 20.1. The smallest absolute Gasteiger partial charge is 0.313 e. The summed E-state index contributed by atoms with van der Waals surface area (Å²) >= 11 is 0. The molecule has 3 rings (SSSR count). The van der Waals surface area contributed by atoms with E-state index in [2.05, 4.69) is 32.9 Å². The van der Waals surface area contributed by atoms with E-state index < -0.39 is 11.4 Å². The summed E-state index contributed by atoms with van der Waals surface area (Å²) in [4.78, 5) is 26.0. The number of carbonyl (C=O) groups excluding carboxylic acids is 1. The largest absolute Gasteiger partial charge is 0.481 e. The predicted octanol–water partition coefficient (Wildman–Crippen LogP) is 3.81. The fraction of sp³-hybridized carbons (Fsp3) is 0.455. The number of rotatable bonds is 5. The molecule has 0 radical (unpaired) electrons. The van der Waals surface area contributed by atoms with E-state index in [1.54, 1.807) is 12.1 Å². The normalized spacial score (nSPS) is 19.8. The van der Waals surface area contributed by atoms with Gasteiger partial charge in [-0.1, -0.05) is 45.0 Å². The van der Waals surface area contributed by atoms with Crippen LogP contribution in [0.15, 0.2) is 40.8 Å². The number of carbonyl (C=O) groups is 2. The van der Waals surface area contributed by atoms with Crippen LogP contribution in [-0.2, 0) is 14.9 Å². The Morgan fingerprint density at radius 3 is 2.43 bits per heavy atom. The molecule has 0 bridgehead atoms. The minimum absolute atomic E-state index is 0.0669. The second-order valence-corrected chi connectivity index (χ2v) is 8.49. The average molecular weight is 385 g/mol. The molecule has 0 spiro atoms. The first-order valence-corrected chi connectivity index (χ1v) is 9.39. The summed E-state index contributed by atoms with van der Waals surface area (Å²) in [5.74, 6) is -0.404. The Hall–Kier alpha value is -2.60. The minimum atomic E-state index is -1.05. The van der Waals surface area contributed by atoms with Crippen molar-refractivity contribution in [1.82, 2.24) is 4.90 Å². The Morgan fingerprint density at radius 2 is 1.86 bits per heavy atom. The Morgan fingerprint density at radius 1 is 1.18 bits per heavy atom. The van der Waals surface area contributed by atoms with Crippen molar-refractivity contribution < 1.29 is 23.8 Å². The molecule has 1 aromatic heterocycles. The molecule has 28 heavy (non-hydrogen) atoms. The van der Waals surface area contributed by atoms with Gasteiger partial charge in [-0.05, 0) is 29.5 Å². The maximum Gasteiger partial charge on any atom is 0.313 e. The number of likely N-dealkylation sites (tertiary alicyclic amines) is 1. The average Bonchev–Trinajstić information content (AvgIpc) is 3.29. The van der Waals surface area contributed by atoms with Crippen LogP contribution in [0.3, 0.4) is 0 Å². The van der Waals surface area contributed by atoms with Crippen LogP contribution in [0.4, 0.5) is 0 Å². The molecule has 1 aliphatic heterocycles. The molecule has 1 aromatic carbocycles. The van der Waals surface area contributed by atoms with Crippen LogP contribution >= 0.6 is 0 Å². The second-order valence-electron chi connectivity index (χ2n) is 8.49. The highest BCUT2D eigenvalue weighted by Gasteiger charge is 2.47. The Balaban J connectivity index is 1.75. The number of hydrogen-bond acceptors (Lipinski definition) is 4. The van der Waals surface area contributed by atoms with Crippen LogP contribution in [0.1, 0.15) is 43.3 Å². The molecule has 1 aliphatic rings. The number of carboxylic acid groups (broad SMARTS) is 1. The van der Waals surface area contributed by atoms with Gasteiger partial charge in [-0.25, -0.2) is 0 Å². The highest BCUT2D eigenvalue weighted by atomic mass is 16.5. The lowest BCUT2D eigenvalue weighted by molar-refractivity contribution is -0.151. The molecule has 0 aliphatic carbocycles. The molecule has 2 aromatic rings. The zero-order valence-electron chi connectivity index (χ0n) is 16.8. The van der Waals surface area contributed by atoms with E-state index in [9.17, 15) is 14.7 Å². The van der Waals surface area contributed by atoms with Gasteiger partial charge in [-0.15, -0.1) is 0 Å². The highest BCUT2D eigenvalue weighted by Crippen LogP contribution is 2.33. The topological polar surface area (TPSA) is 80.0 Å². The maximum atomic E-state index is 12.8. The van der Waals surface area contributed by atoms with E-state index in [-0.39, 0.29) is 30.2 Å². The lowest BCUT2D eigenvalue weighted by atomic mass is 9.86. The van der Waals surface area contributed by atoms with Crippen LogP contribution in [0, 0.1) is 5.41 Å². The third-order valence-electron chi connectivity index (χ3n) is 5.37. The summed E-state index contributed by atoms with van der Waals surface area (Å²) in [5, 5.41) is 9.56. The van der Waals surface area contributed by atoms with Crippen LogP contribution in [0.2, 0.25) is 0 Å². The summed E-state index contributed by atoms with van der Waals surface area (Å²) < 4.78 is 10.9. The minimum Gasteiger partial charge on any atom is -0.481 e. The monoisotopic (exact) mass is 385 g/mol. The van der Waals surface area contributed by atoms with Crippen LogP contribution in [-0.4, -0.2) is 48.7 Å². The quantitative estimate of drug-likeness (QED) is 0.847. The standard InChI is InChI=1S/C22H27NO5/c1-21(2,3)16-7-5-15(6-8-16)17-9-10-18(28-17)19(24)23-12-11-22(13-23,14-27-4)20(25)26/h5-10H,11-14H2,1-4H3,(H,25,26). The van der Waals surface area contributed by atoms with Crippen molar-refractivity contribution in [2.45, 2.75) is 32.6 Å². The third-order valence-corrected chi connectivity index (χ3v) is 5.37. The van der Waals surface area contributed by atoms with Gasteiger partial charge < -0.3 is 19.2 Å². The number of furan rings is 1. The molecule has 1 N–H and O–H groups in total. The van der Waals surface area contributed by atoms with Gasteiger partial charge >= 0.3 is 5.97 Å². The zero-order valence-corrected chi connectivity index (χ0v) is 16.8. The predicted molar refractivity (Wildman–Crippen MR) is 105 cm³/mol. The Bertz CT molecular complexity index is 862. The first-order chi connectivity index (χ1) is 13.2. The molecule has 1 unspecified atom stereocenters. The summed E-state index contributed by atoms with van der Waals surface area (Å²) in [6, 6.07) is 11.5. The van der Waals surface area contributed by atoms with Gasteiger partial charge in [0.1, 0.15) is 11.2 Å². The number of carboxylic acids is 1. The Labute approximate surface area is 165 Å². The lowest BCUT2D eigenvalue weighted by Gasteiger charge is -2.23. The lowest BCUT2D eigenvalue weighted by Crippen LogP contribution is -2.40. The molecule has 0 saturated carbocycles. The highest BCUT2D eigenvalue weighted by molar-refractivity contribution is 5.93. The van der Waals surface area contributed by atoms with Gasteiger partial charge in [0.05, 0.1) is 6.61 Å². The van der Waals surface area contributed by atoms with Crippen molar-refractivity contribution in [3.05, 3.63) is 47.7 Å². The van der Waals surface area contributed by atoms with Gasteiger partial charge in [-0.3, -0.25) is 9.59 Å². The molecule has 1 amide bonds. The summed E-state index contributed by atoms with van der Waals surface area (Å²) in [6.45, 7) is 7.03. The third kappa shape index (κ3) is 3.83. The summed E-state index contributed by atoms with van der Waals surface area (Å²) in [7, 11) is 1.47. The van der Waals surface area contributed by atoms with Crippen LogP contribution in [0.5, 0.6) is 0 Å². The second kappa shape index (κ2) is 7.43. The molecular weight excluding hydrogens is 358 g/mol. The van der Waals surface area contributed by atoms with Crippen molar-refractivity contribution in [2.24, 2.45) is 5.41 Å². The van der Waals surface area contributed by atoms with E-state index in [0.29, 0.717) is 18.7 Å². The van der Waals surface area contributed by atoms with Crippen molar-refractivity contribution in [2.75, 3.05) is 26.8 Å². The van der Waals surface area contributed by atoms with E-state index in [1.807, 2.05) is 12.1 Å². The fourth-order valence-electron chi connectivity index (χ4n) is 3.57. The number of methoxy groups -OCH3 is 1. The SMILES string of the molecule is COCC1(C(=O)O)CCN(C(=O)c2ccc(-c3ccc(C(C)(C)C)cc3)o2)C1. The van der Waals surface area contributed by atoms with E-state index in [4.69, 9.17) is 9.15 Å². The van der Waals surface area contributed by atoms with E-state index in [1.165, 1.54) is 17.6 Å². The maximum absolute atomic E-state index is 12.8. The number of aliphatic carboxylic acids is 1. The molecule has 150 valence electrons. The van der Waals surface area contributed by atoms with Crippen molar-refractivity contribution >= 4 is 11.9 Å². The van der Waals surface area contributed by atoms with Gasteiger partial charge in [-0.2, -0.15) is 0 Å². The molecule has 1 saturated heterocycles. The molecular formula is C22H27NO5. The van der Waals surface area contributed by atoms with Gasteiger partial charge in [0.25, 0.3) is 5.91 Å². The first-order valence-electron chi connectivity index (χ1n) is 9.39. The van der Waals surface area contributed by atoms with E-state index in [0.717, 1.165) is 5.56 Å². The van der Waals surface area contributed by atoms with Gasteiger partial charge in [0, 0.05) is 25.8 Å². The molecule has 2 heterocycles. The zero-order chi connectivity index (χ0) is 20.5. The van der Waals surface area contributed by atoms with E-state index >= 15 is 0 Å². The van der Waals surface area contributed by atoms with Gasteiger partial charge in [0.2, 0.25) is 0 Å². The number of hydrogen-bond donors (Lipinski definition) is 1. The number of ether oxygens (including phenoxy) is 1. The molecule has 1 atom stereocenters. The molecule has 6 nitrogen and oxygen atoms in total. The molecule has 1 fully saturated rings. The Kier molecular flexibility index (Phi) is 5.35. The number of amides is 1. The van der Waals surface area contributed by atoms with Crippen molar-refractivity contribution in [3.63, 3.8) is 0 Å². The fourth-order valence-corrected chi connectivity index (χ4v) is 3.57. The number of benzene rings is 1. The van der Waals surface area contributed by atoms with Crippen molar-refractivity contribution in [1.29, 1.82) is 0 Å². The summed E-state index contributed by atoms with van der Waals surface area (Å²) in [5.41, 5.74) is 1.13. The van der Waals surface area contributed by atoms with Crippen LogP contribution < -0.4 is 0 Å². The van der Waals surface area contributed by atoms with Gasteiger partial charge in [0.15, 0.2) is 5.76 Å².